The summed E-state index contributed by atoms with van der Waals surface area (Å²) in [6, 6.07) is 0. The van der Waals surface area contributed by atoms with Gasteiger partial charge in [0.05, 0.1) is 11.4 Å². The van der Waals surface area contributed by atoms with Crippen molar-refractivity contribution in [3.05, 3.63) is 23.8 Å². The van der Waals surface area contributed by atoms with Gasteiger partial charge in [-0.2, -0.15) is 0 Å². The topological polar surface area (TPSA) is 55.0 Å². The minimum Gasteiger partial charge on any atom is -0.330 e. The Kier molecular flexibility index (Phi) is 7.07. The van der Waals surface area contributed by atoms with Crippen molar-refractivity contribution in [1.82, 2.24) is 14.9 Å². The summed E-state index contributed by atoms with van der Waals surface area (Å²) >= 11 is 0. The Bertz CT molecular complexity index is 358. The summed E-state index contributed by atoms with van der Waals surface area (Å²) in [7, 11) is 0. The SMILES string of the molecule is Cc1cnc(CN2CCC(C)(CN)C2)cn1.Cl.Cl. The van der Waals surface area contributed by atoms with Gasteiger partial charge in [-0.3, -0.25) is 14.9 Å². The highest BCUT2D eigenvalue weighted by Gasteiger charge is 2.32. The molecule has 0 bridgehead atoms. The van der Waals surface area contributed by atoms with E-state index in [0.29, 0.717) is 0 Å². The van der Waals surface area contributed by atoms with Crippen LogP contribution in [0.5, 0.6) is 0 Å². The van der Waals surface area contributed by atoms with E-state index < -0.39 is 0 Å². The zero-order valence-corrected chi connectivity index (χ0v) is 12.6. The van der Waals surface area contributed by atoms with E-state index in [1.807, 2.05) is 19.3 Å². The molecular weight excluding hydrogens is 271 g/mol. The monoisotopic (exact) mass is 292 g/mol. The predicted molar refractivity (Wildman–Crippen MR) is 78.3 cm³/mol. The van der Waals surface area contributed by atoms with Gasteiger partial charge in [-0.15, -0.1) is 24.8 Å². The van der Waals surface area contributed by atoms with Gasteiger partial charge in [-0.1, -0.05) is 6.92 Å². The molecule has 1 saturated heterocycles. The Morgan fingerprint density at radius 3 is 2.56 bits per heavy atom. The first-order chi connectivity index (χ1) is 7.61. The van der Waals surface area contributed by atoms with Gasteiger partial charge in [-0.25, -0.2) is 0 Å². The molecule has 1 atom stereocenters. The van der Waals surface area contributed by atoms with Gasteiger partial charge >= 0.3 is 0 Å². The smallest absolute Gasteiger partial charge is 0.0727 e. The molecule has 18 heavy (non-hydrogen) atoms. The zero-order valence-electron chi connectivity index (χ0n) is 10.9. The van der Waals surface area contributed by atoms with E-state index in [1.54, 1.807) is 0 Å². The second-order valence-electron chi connectivity index (χ2n) is 5.12. The van der Waals surface area contributed by atoms with E-state index in [9.17, 15) is 0 Å². The largest absolute Gasteiger partial charge is 0.330 e. The van der Waals surface area contributed by atoms with E-state index >= 15 is 0 Å². The molecule has 0 amide bonds. The number of aromatic nitrogens is 2. The third-order valence-corrected chi connectivity index (χ3v) is 3.35. The first-order valence-corrected chi connectivity index (χ1v) is 5.81. The van der Waals surface area contributed by atoms with Gasteiger partial charge < -0.3 is 5.73 Å². The lowest BCUT2D eigenvalue weighted by molar-refractivity contribution is 0.272. The molecule has 1 fully saturated rings. The number of rotatable bonds is 3. The number of hydrogen-bond donors (Lipinski definition) is 1. The van der Waals surface area contributed by atoms with Crippen molar-refractivity contribution in [2.24, 2.45) is 11.1 Å². The van der Waals surface area contributed by atoms with Crippen molar-refractivity contribution >= 4 is 24.8 Å². The van der Waals surface area contributed by atoms with Crippen molar-refractivity contribution < 1.29 is 0 Å². The summed E-state index contributed by atoms with van der Waals surface area (Å²) in [6.45, 7) is 8.06. The van der Waals surface area contributed by atoms with Crippen molar-refractivity contribution in [2.45, 2.75) is 26.8 Å². The molecule has 1 aliphatic rings. The molecule has 0 aromatic carbocycles. The number of nitrogens with zero attached hydrogens (tertiary/aromatic N) is 3. The van der Waals surface area contributed by atoms with Gasteiger partial charge in [0.1, 0.15) is 0 Å². The molecule has 2 heterocycles. The van der Waals surface area contributed by atoms with Crippen LogP contribution in [-0.2, 0) is 6.54 Å². The number of aryl methyl sites for hydroxylation is 1. The molecule has 6 heteroatoms. The highest BCUT2D eigenvalue weighted by molar-refractivity contribution is 5.85. The van der Waals surface area contributed by atoms with Crippen LogP contribution in [0.2, 0.25) is 0 Å². The lowest BCUT2D eigenvalue weighted by atomic mass is 9.90. The molecule has 0 aliphatic carbocycles. The summed E-state index contributed by atoms with van der Waals surface area (Å²) < 4.78 is 0. The Morgan fingerprint density at radius 2 is 2.06 bits per heavy atom. The fourth-order valence-corrected chi connectivity index (χ4v) is 2.16. The van der Waals surface area contributed by atoms with Crippen LogP contribution >= 0.6 is 24.8 Å². The third kappa shape index (κ3) is 4.35. The lowest BCUT2D eigenvalue weighted by Gasteiger charge is -2.22. The number of nitrogens with two attached hydrogens (primary N) is 1. The molecule has 0 radical (unpaired) electrons. The van der Waals surface area contributed by atoms with Crippen LogP contribution in [0.3, 0.4) is 0 Å². The quantitative estimate of drug-likeness (QED) is 0.923. The van der Waals surface area contributed by atoms with Crippen molar-refractivity contribution in [3.8, 4) is 0 Å². The highest BCUT2D eigenvalue weighted by Crippen LogP contribution is 2.29. The summed E-state index contributed by atoms with van der Waals surface area (Å²) in [4.78, 5) is 11.1. The van der Waals surface area contributed by atoms with Gasteiger partial charge in [-0.05, 0) is 31.8 Å². The minimum absolute atomic E-state index is 0. The van der Waals surface area contributed by atoms with Crippen LogP contribution in [0.15, 0.2) is 12.4 Å². The van der Waals surface area contributed by atoms with Gasteiger partial charge in [0.2, 0.25) is 0 Å². The van der Waals surface area contributed by atoms with Crippen molar-refractivity contribution in [2.75, 3.05) is 19.6 Å². The molecule has 2 rings (SSSR count). The summed E-state index contributed by atoms with van der Waals surface area (Å²) in [5.74, 6) is 0. The van der Waals surface area contributed by atoms with Crippen molar-refractivity contribution in [3.63, 3.8) is 0 Å². The lowest BCUT2D eigenvalue weighted by Crippen LogP contribution is -2.31. The van der Waals surface area contributed by atoms with Gasteiger partial charge in [0.25, 0.3) is 0 Å². The van der Waals surface area contributed by atoms with E-state index in [-0.39, 0.29) is 30.2 Å². The molecule has 1 aromatic heterocycles. The first kappa shape index (κ1) is 17.6. The summed E-state index contributed by atoms with van der Waals surface area (Å²) in [5, 5.41) is 0. The number of likely N-dealkylation sites (tertiary alicyclic amines) is 1. The van der Waals surface area contributed by atoms with E-state index in [4.69, 9.17) is 5.73 Å². The maximum Gasteiger partial charge on any atom is 0.0727 e. The molecule has 1 aliphatic heterocycles. The minimum atomic E-state index is 0. The number of halogens is 2. The predicted octanol–water partition coefficient (Wildman–Crippen LogP) is 1.80. The molecule has 1 aromatic rings. The standard InChI is InChI=1S/C12H20N4.2ClH/c1-10-5-15-11(6-14-10)7-16-4-3-12(2,8-13)9-16;;/h5-6H,3-4,7-9,13H2,1-2H3;2*1H. The Hall–Kier alpha value is -0.420. The normalized spacial score (nSPS) is 23.3. The average molecular weight is 293 g/mol. The van der Waals surface area contributed by atoms with Crippen LogP contribution < -0.4 is 5.73 Å². The fraction of sp³-hybridized carbons (Fsp3) is 0.667. The Balaban J connectivity index is 0.00000144. The van der Waals surface area contributed by atoms with Gasteiger partial charge in [0.15, 0.2) is 0 Å². The second-order valence-corrected chi connectivity index (χ2v) is 5.12. The highest BCUT2D eigenvalue weighted by atomic mass is 35.5. The molecule has 0 saturated carbocycles. The maximum absolute atomic E-state index is 5.79. The maximum atomic E-state index is 5.79. The third-order valence-electron chi connectivity index (χ3n) is 3.35. The van der Waals surface area contributed by atoms with Crippen LogP contribution in [0.1, 0.15) is 24.7 Å². The Morgan fingerprint density at radius 1 is 1.33 bits per heavy atom. The van der Waals surface area contributed by atoms with Crippen LogP contribution in [0.25, 0.3) is 0 Å². The molecule has 4 nitrogen and oxygen atoms in total. The van der Waals surface area contributed by atoms with Crippen LogP contribution in [0, 0.1) is 12.3 Å². The van der Waals surface area contributed by atoms with E-state index in [1.165, 1.54) is 6.42 Å². The van der Waals surface area contributed by atoms with Crippen molar-refractivity contribution in [1.29, 1.82) is 0 Å². The average Bonchev–Trinajstić information content (AvgIpc) is 2.65. The molecule has 0 spiro atoms. The molecule has 2 N–H and O–H groups in total. The van der Waals surface area contributed by atoms with E-state index in [0.717, 1.165) is 37.6 Å². The number of hydrogen-bond acceptors (Lipinski definition) is 4. The second kappa shape index (κ2) is 7.24. The molecular formula is C12H22Cl2N4. The van der Waals surface area contributed by atoms with Crippen LogP contribution in [0.4, 0.5) is 0 Å². The summed E-state index contributed by atoms with van der Waals surface area (Å²) in [5.41, 5.74) is 8.10. The first-order valence-electron chi connectivity index (χ1n) is 5.81. The zero-order chi connectivity index (χ0) is 11.6. The molecule has 104 valence electrons. The van der Waals surface area contributed by atoms with E-state index in [2.05, 4.69) is 21.8 Å². The Labute approximate surface area is 121 Å². The fourth-order valence-electron chi connectivity index (χ4n) is 2.16. The summed E-state index contributed by atoms with van der Waals surface area (Å²) in [6.07, 6.45) is 4.88. The van der Waals surface area contributed by atoms with Gasteiger partial charge in [0, 0.05) is 25.5 Å². The molecule has 1 unspecified atom stereocenters. The van der Waals surface area contributed by atoms with Crippen LogP contribution in [-0.4, -0.2) is 34.5 Å².